The van der Waals surface area contributed by atoms with E-state index < -0.39 is 6.04 Å². The molecule has 3 rings (SSSR count). The first kappa shape index (κ1) is 15.5. The van der Waals surface area contributed by atoms with Gasteiger partial charge in [-0.1, -0.05) is 6.92 Å². The van der Waals surface area contributed by atoms with Gasteiger partial charge < -0.3 is 20.3 Å². The van der Waals surface area contributed by atoms with Gasteiger partial charge >= 0.3 is 0 Å². The summed E-state index contributed by atoms with van der Waals surface area (Å²) in [6, 6.07) is 0.967. The Hall–Kier alpha value is -2.41. The van der Waals surface area contributed by atoms with Crippen LogP contribution in [0.4, 0.5) is 0 Å². The van der Waals surface area contributed by atoms with E-state index in [4.69, 9.17) is 5.11 Å². The predicted molar refractivity (Wildman–Crippen MR) is 84.7 cm³/mol. The highest BCUT2D eigenvalue weighted by Crippen LogP contribution is 2.30. The maximum atomic E-state index is 12.8. The molecule has 0 fully saturated rings. The van der Waals surface area contributed by atoms with Crippen molar-refractivity contribution in [3.05, 3.63) is 29.6 Å². The normalized spacial score (nSPS) is 16.5. The highest BCUT2D eigenvalue weighted by molar-refractivity contribution is 6.10. The number of aromatic nitrogens is 2. The number of nitrogens with one attached hydrogen (secondary N) is 2. The number of pyridine rings is 1. The van der Waals surface area contributed by atoms with Gasteiger partial charge in [-0.3, -0.25) is 9.59 Å². The van der Waals surface area contributed by atoms with Crippen molar-refractivity contribution >= 4 is 22.8 Å². The summed E-state index contributed by atoms with van der Waals surface area (Å²) in [6.07, 6.45) is 3.85. The summed E-state index contributed by atoms with van der Waals surface area (Å²) in [4.78, 5) is 34.0. The molecule has 0 saturated heterocycles. The van der Waals surface area contributed by atoms with Gasteiger partial charge in [0, 0.05) is 30.4 Å². The lowest BCUT2D eigenvalue weighted by atomic mass is 10.00. The molecule has 3 heterocycles. The number of aliphatic hydroxyl groups is 1. The summed E-state index contributed by atoms with van der Waals surface area (Å²) >= 11 is 0. The van der Waals surface area contributed by atoms with Gasteiger partial charge in [-0.25, -0.2) is 4.98 Å². The van der Waals surface area contributed by atoms with Crippen LogP contribution in [-0.2, 0) is 11.3 Å². The molecular weight excluding hydrogens is 296 g/mol. The van der Waals surface area contributed by atoms with E-state index in [1.54, 1.807) is 24.2 Å². The summed E-state index contributed by atoms with van der Waals surface area (Å²) in [6.45, 7) is 3.83. The van der Waals surface area contributed by atoms with Crippen LogP contribution in [0.15, 0.2) is 18.5 Å². The van der Waals surface area contributed by atoms with Crippen molar-refractivity contribution in [1.29, 1.82) is 0 Å². The molecule has 0 aliphatic carbocycles. The molecule has 0 aromatic carbocycles. The third kappa shape index (κ3) is 2.57. The number of amides is 2. The molecule has 0 radical (unpaired) electrons. The predicted octanol–water partition coefficient (Wildman–Crippen LogP) is 0.794. The first-order valence-corrected chi connectivity index (χ1v) is 7.74. The standard InChI is InChI=1S/C16H20N4O3/c1-3-12(15(22)19-9(2)8-21)20-7-10-4-5-17-14-13(10)11(6-18-14)16(20)23/h4-6,9,12,21H,3,7-8H2,1-2H3,(H,17,18)(H,19,22). The minimum absolute atomic E-state index is 0.136. The molecule has 3 N–H and O–H groups in total. The van der Waals surface area contributed by atoms with E-state index in [9.17, 15) is 9.59 Å². The number of carbonyl (C=O) groups is 2. The molecule has 0 spiro atoms. The molecule has 2 atom stereocenters. The molecule has 0 saturated carbocycles. The van der Waals surface area contributed by atoms with E-state index in [-0.39, 0.29) is 24.5 Å². The fourth-order valence-corrected chi connectivity index (χ4v) is 3.02. The Morgan fingerprint density at radius 2 is 2.35 bits per heavy atom. The SMILES string of the molecule is CCC(C(=O)NC(C)CO)N1Cc2ccnc3[nH]cc(c23)C1=O. The molecule has 1 aliphatic rings. The lowest BCUT2D eigenvalue weighted by molar-refractivity contribution is -0.126. The summed E-state index contributed by atoms with van der Waals surface area (Å²) < 4.78 is 0. The van der Waals surface area contributed by atoms with Crippen molar-refractivity contribution in [1.82, 2.24) is 20.2 Å². The number of H-pyrrole nitrogens is 1. The van der Waals surface area contributed by atoms with Crippen molar-refractivity contribution in [3.8, 4) is 0 Å². The Morgan fingerprint density at radius 3 is 3.04 bits per heavy atom. The highest BCUT2D eigenvalue weighted by Gasteiger charge is 2.34. The van der Waals surface area contributed by atoms with Crippen LogP contribution in [0.2, 0.25) is 0 Å². The van der Waals surface area contributed by atoms with Crippen LogP contribution in [0.1, 0.15) is 36.2 Å². The quantitative estimate of drug-likeness (QED) is 0.759. The largest absolute Gasteiger partial charge is 0.394 e. The van der Waals surface area contributed by atoms with E-state index in [1.165, 1.54) is 0 Å². The zero-order chi connectivity index (χ0) is 16.6. The van der Waals surface area contributed by atoms with Crippen LogP contribution < -0.4 is 5.32 Å². The number of hydrogen-bond acceptors (Lipinski definition) is 4. The number of aliphatic hydroxyl groups excluding tert-OH is 1. The van der Waals surface area contributed by atoms with E-state index in [0.717, 1.165) is 10.9 Å². The summed E-state index contributed by atoms with van der Waals surface area (Å²) in [5.74, 6) is -0.415. The molecule has 7 heteroatoms. The smallest absolute Gasteiger partial charge is 0.257 e. The average molecular weight is 316 g/mol. The lowest BCUT2D eigenvalue weighted by Crippen LogP contribution is -2.52. The minimum Gasteiger partial charge on any atom is -0.394 e. The Labute approximate surface area is 133 Å². The van der Waals surface area contributed by atoms with Crippen LogP contribution in [0.3, 0.4) is 0 Å². The monoisotopic (exact) mass is 316 g/mol. The van der Waals surface area contributed by atoms with Gasteiger partial charge in [-0.15, -0.1) is 0 Å². The molecular formula is C16H20N4O3. The van der Waals surface area contributed by atoms with Gasteiger partial charge in [-0.2, -0.15) is 0 Å². The zero-order valence-electron chi connectivity index (χ0n) is 13.2. The van der Waals surface area contributed by atoms with Gasteiger partial charge in [0.1, 0.15) is 11.7 Å². The Balaban J connectivity index is 1.92. The molecule has 0 bridgehead atoms. The second-order valence-electron chi connectivity index (χ2n) is 5.85. The fraction of sp³-hybridized carbons (Fsp3) is 0.438. The third-order valence-electron chi connectivity index (χ3n) is 4.22. The molecule has 2 amide bonds. The number of nitrogens with zero attached hydrogens (tertiary/aromatic N) is 2. The maximum absolute atomic E-state index is 12.8. The summed E-state index contributed by atoms with van der Waals surface area (Å²) in [5.41, 5.74) is 2.22. The van der Waals surface area contributed by atoms with E-state index in [0.29, 0.717) is 24.2 Å². The molecule has 7 nitrogen and oxygen atoms in total. The van der Waals surface area contributed by atoms with Crippen LogP contribution in [-0.4, -0.2) is 50.5 Å². The van der Waals surface area contributed by atoms with Gasteiger partial charge in [0.15, 0.2) is 0 Å². The van der Waals surface area contributed by atoms with E-state index in [1.807, 2.05) is 13.0 Å². The molecule has 2 aromatic heterocycles. The van der Waals surface area contributed by atoms with Crippen LogP contribution >= 0.6 is 0 Å². The summed E-state index contributed by atoms with van der Waals surface area (Å²) in [5, 5.41) is 12.7. The van der Waals surface area contributed by atoms with Gasteiger partial charge in [0.2, 0.25) is 5.91 Å². The zero-order valence-corrected chi connectivity index (χ0v) is 13.2. The van der Waals surface area contributed by atoms with Crippen LogP contribution in [0.5, 0.6) is 0 Å². The van der Waals surface area contributed by atoms with Crippen molar-refractivity contribution in [3.63, 3.8) is 0 Å². The van der Waals surface area contributed by atoms with Gasteiger partial charge in [0.25, 0.3) is 5.91 Å². The Kier molecular flexibility index (Phi) is 4.04. The van der Waals surface area contributed by atoms with Crippen molar-refractivity contribution in [2.75, 3.05) is 6.61 Å². The Morgan fingerprint density at radius 1 is 1.57 bits per heavy atom. The maximum Gasteiger partial charge on any atom is 0.257 e. The van der Waals surface area contributed by atoms with Gasteiger partial charge in [-0.05, 0) is 25.0 Å². The Bertz CT molecular complexity index is 755. The number of hydrogen-bond donors (Lipinski definition) is 3. The average Bonchev–Trinajstić information content (AvgIpc) is 2.98. The number of carbonyl (C=O) groups excluding carboxylic acids is 2. The first-order valence-electron chi connectivity index (χ1n) is 7.74. The molecule has 1 aliphatic heterocycles. The van der Waals surface area contributed by atoms with E-state index >= 15 is 0 Å². The molecule has 23 heavy (non-hydrogen) atoms. The molecule has 2 aromatic rings. The third-order valence-corrected chi connectivity index (χ3v) is 4.22. The second kappa shape index (κ2) is 6.00. The second-order valence-corrected chi connectivity index (χ2v) is 5.85. The lowest BCUT2D eigenvalue weighted by Gasteiger charge is -2.33. The van der Waals surface area contributed by atoms with Crippen molar-refractivity contribution < 1.29 is 14.7 Å². The summed E-state index contributed by atoms with van der Waals surface area (Å²) in [7, 11) is 0. The first-order chi connectivity index (χ1) is 11.1. The van der Waals surface area contributed by atoms with Crippen molar-refractivity contribution in [2.24, 2.45) is 0 Å². The van der Waals surface area contributed by atoms with Crippen molar-refractivity contribution in [2.45, 2.75) is 38.9 Å². The molecule has 2 unspecified atom stereocenters. The fourth-order valence-electron chi connectivity index (χ4n) is 3.02. The highest BCUT2D eigenvalue weighted by atomic mass is 16.3. The molecule has 122 valence electrons. The van der Waals surface area contributed by atoms with Crippen LogP contribution in [0, 0.1) is 0 Å². The number of aromatic amines is 1. The number of rotatable bonds is 5. The van der Waals surface area contributed by atoms with Crippen LogP contribution in [0.25, 0.3) is 11.0 Å². The topological polar surface area (TPSA) is 98.3 Å². The van der Waals surface area contributed by atoms with Gasteiger partial charge in [0.05, 0.1) is 12.2 Å². The minimum atomic E-state index is -0.567. The van der Waals surface area contributed by atoms with E-state index in [2.05, 4.69) is 15.3 Å².